The number of carbonyl (C=O) groups is 1. The Kier molecular flexibility index (Phi) is 3.32. The Morgan fingerprint density at radius 2 is 1.79 bits per heavy atom. The molecule has 0 atom stereocenters. The topological polar surface area (TPSA) is 54.9 Å². The van der Waals surface area contributed by atoms with Crippen molar-refractivity contribution in [2.75, 3.05) is 5.32 Å². The van der Waals surface area contributed by atoms with Gasteiger partial charge in [0.1, 0.15) is 0 Å². The van der Waals surface area contributed by atoms with Crippen molar-refractivity contribution in [3.8, 4) is 0 Å². The molecule has 2 rings (SSSR count). The van der Waals surface area contributed by atoms with E-state index < -0.39 is 18.3 Å². The summed E-state index contributed by atoms with van der Waals surface area (Å²) in [6.45, 7) is 0. The van der Waals surface area contributed by atoms with Gasteiger partial charge in [0.2, 0.25) is 0 Å². The SMILES string of the molecule is O=C(Nc1ccc2nccnc2c1)C(F)(F)C(F)F. The lowest BCUT2D eigenvalue weighted by atomic mass is 10.2. The highest BCUT2D eigenvalue weighted by atomic mass is 19.3. The van der Waals surface area contributed by atoms with Crippen molar-refractivity contribution in [2.45, 2.75) is 12.3 Å². The van der Waals surface area contributed by atoms with E-state index in [0.29, 0.717) is 11.0 Å². The number of nitrogens with one attached hydrogen (secondary N) is 1. The Labute approximate surface area is 104 Å². The first-order valence-electron chi connectivity index (χ1n) is 5.09. The lowest BCUT2D eigenvalue weighted by Crippen LogP contribution is -2.40. The van der Waals surface area contributed by atoms with Crippen molar-refractivity contribution in [2.24, 2.45) is 0 Å². The maximum Gasteiger partial charge on any atom is 0.383 e. The molecule has 0 aliphatic carbocycles. The molecule has 0 radical (unpaired) electrons. The lowest BCUT2D eigenvalue weighted by molar-refractivity contribution is -0.163. The fraction of sp³-hybridized carbons (Fsp3) is 0.182. The van der Waals surface area contributed by atoms with E-state index >= 15 is 0 Å². The molecule has 0 fully saturated rings. The van der Waals surface area contributed by atoms with Crippen LogP contribution in [0, 0.1) is 0 Å². The largest absolute Gasteiger partial charge is 0.383 e. The number of hydrogen-bond donors (Lipinski definition) is 1. The first kappa shape index (κ1) is 13.2. The van der Waals surface area contributed by atoms with E-state index in [-0.39, 0.29) is 5.69 Å². The number of nitrogens with zero attached hydrogens (tertiary/aromatic N) is 2. The molecule has 0 aliphatic rings. The van der Waals surface area contributed by atoms with Crippen LogP contribution in [0.5, 0.6) is 0 Å². The van der Waals surface area contributed by atoms with Crippen molar-refractivity contribution in [1.82, 2.24) is 9.97 Å². The average Bonchev–Trinajstić information content (AvgIpc) is 2.38. The Morgan fingerprint density at radius 3 is 2.42 bits per heavy atom. The van der Waals surface area contributed by atoms with Gasteiger partial charge in [-0.25, -0.2) is 8.78 Å². The van der Waals surface area contributed by atoms with Crippen LogP contribution < -0.4 is 5.32 Å². The first-order chi connectivity index (χ1) is 8.91. The summed E-state index contributed by atoms with van der Waals surface area (Å²) in [5.74, 6) is -6.80. The van der Waals surface area contributed by atoms with Gasteiger partial charge in [-0.15, -0.1) is 0 Å². The number of anilines is 1. The van der Waals surface area contributed by atoms with Gasteiger partial charge in [0.15, 0.2) is 0 Å². The van der Waals surface area contributed by atoms with Crippen LogP contribution in [0.3, 0.4) is 0 Å². The van der Waals surface area contributed by atoms with Gasteiger partial charge in [0.25, 0.3) is 0 Å². The lowest BCUT2D eigenvalue weighted by Gasteiger charge is -2.14. The summed E-state index contributed by atoms with van der Waals surface area (Å²) in [5.41, 5.74) is 0.778. The third-order valence-corrected chi connectivity index (χ3v) is 2.30. The average molecular weight is 273 g/mol. The smallest absolute Gasteiger partial charge is 0.321 e. The molecule has 1 amide bonds. The van der Waals surface area contributed by atoms with Gasteiger partial charge in [-0.05, 0) is 18.2 Å². The molecule has 8 heteroatoms. The normalized spacial score (nSPS) is 11.8. The van der Waals surface area contributed by atoms with Gasteiger partial charge in [0.05, 0.1) is 11.0 Å². The fourth-order valence-electron chi connectivity index (χ4n) is 1.35. The summed E-state index contributed by atoms with van der Waals surface area (Å²) in [4.78, 5) is 18.9. The van der Waals surface area contributed by atoms with Crippen molar-refractivity contribution >= 4 is 22.6 Å². The van der Waals surface area contributed by atoms with Crippen LogP contribution in [0.1, 0.15) is 0 Å². The zero-order valence-corrected chi connectivity index (χ0v) is 9.28. The monoisotopic (exact) mass is 273 g/mol. The van der Waals surface area contributed by atoms with Gasteiger partial charge in [0, 0.05) is 18.1 Å². The molecule has 19 heavy (non-hydrogen) atoms. The highest BCUT2D eigenvalue weighted by Crippen LogP contribution is 2.25. The number of hydrogen-bond acceptors (Lipinski definition) is 3. The maximum absolute atomic E-state index is 12.7. The summed E-state index contributed by atoms with van der Waals surface area (Å²) in [6, 6.07) is 3.97. The van der Waals surface area contributed by atoms with E-state index in [1.165, 1.54) is 30.6 Å². The van der Waals surface area contributed by atoms with E-state index in [4.69, 9.17) is 0 Å². The zero-order chi connectivity index (χ0) is 14.0. The number of alkyl halides is 4. The molecule has 100 valence electrons. The Balaban J connectivity index is 2.24. The van der Waals surface area contributed by atoms with Crippen LogP contribution >= 0.6 is 0 Å². The second-order valence-corrected chi connectivity index (χ2v) is 3.64. The first-order valence-corrected chi connectivity index (χ1v) is 5.09. The summed E-state index contributed by atoms with van der Waals surface area (Å²) < 4.78 is 49.5. The minimum absolute atomic E-state index is 0.0571. The summed E-state index contributed by atoms with van der Waals surface area (Å²) in [6.07, 6.45) is -1.25. The number of halogens is 4. The van der Waals surface area contributed by atoms with Crippen LogP contribution in [0.15, 0.2) is 30.6 Å². The molecule has 1 aromatic carbocycles. The summed E-state index contributed by atoms with van der Waals surface area (Å²) >= 11 is 0. The highest BCUT2D eigenvalue weighted by Gasteiger charge is 2.48. The van der Waals surface area contributed by atoms with Crippen LogP contribution in [-0.2, 0) is 4.79 Å². The third kappa shape index (κ3) is 2.61. The van der Waals surface area contributed by atoms with Crippen molar-refractivity contribution < 1.29 is 22.4 Å². The minimum Gasteiger partial charge on any atom is -0.321 e. The van der Waals surface area contributed by atoms with Crippen LogP contribution in [0.4, 0.5) is 23.2 Å². The Morgan fingerprint density at radius 1 is 1.16 bits per heavy atom. The van der Waals surface area contributed by atoms with Gasteiger partial charge >= 0.3 is 18.3 Å². The van der Waals surface area contributed by atoms with Crippen molar-refractivity contribution in [3.05, 3.63) is 30.6 Å². The fourth-order valence-corrected chi connectivity index (χ4v) is 1.35. The molecule has 0 saturated carbocycles. The second kappa shape index (κ2) is 4.79. The van der Waals surface area contributed by atoms with Crippen molar-refractivity contribution in [3.63, 3.8) is 0 Å². The van der Waals surface area contributed by atoms with E-state index in [2.05, 4.69) is 9.97 Å². The molecule has 4 nitrogen and oxygen atoms in total. The van der Waals surface area contributed by atoms with Crippen LogP contribution in [0.25, 0.3) is 11.0 Å². The maximum atomic E-state index is 12.7. The molecule has 0 aliphatic heterocycles. The molecule has 0 unspecified atom stereocenters. The number of amides is 1. The molecule has 1 aromatic heterocycles. The van der Waals surface area contributed by atoms with Gasteiger partial charge in [-0.3, -0.25) is 14.8 Å². The van der Waals surface area contributed by atoms with Gasteiger partial charge in [-0.2, -0.15) is 8.78 Å². The van der Waals surface area contributed by atoms with Gasteiger partial charge < -0.3 is 5.32 Å². The predicted octanol–water partition coefficient (Wildman–Crippen LogP) is 2.47. The predicted molar refractivity (Wildman–Crippen MR) is 59.1 cm³/mol. The highest BCUT2D eigenvalue weighted by molar-refractivity contribution is 5.97. The van der Waals surface area contributed by atoms with Gasteiger partial charge in [-0.1, -0.05) is 0 Å². The number of aromatic nitrogens is 2. The molecule has 2 aromatic rings. The Bertz CT molecular complexity index is 618. The van der Waals surface area contributed by atoms with E-state index in [1.807, 2.05) is 0 Å². The van der Waals surface area contributed by atoms with Crippen LogP contribution in [-0.4, -0.2) is 28.2 Å². The molecular weight excluding hydrogens is 266 g/mol. The number of benzene rings is 1. The molecule has 1 heterocycles. The summed E-state index contributed by atoms with van der Waals surface area (Å²) in [5, 5.41) is 1.72. The molecule has 0 bridgehead atoms. The standard InChI is InChI=1S/C11H7F4N3O/c12-9(13)11(14,15)10(19)18-6-1-2-7-8(5-6)17-4-3-16-7/h1-5,9H,(H,18,19). The quantitative estimate of drug-likeness (QED) is 0.874. The minimum atomic E-state index is -4.74. The molecule has 0 spiro atoms. The number of fused-ring (bicyclic) bond motifs is 1. The number of carbonyl (C=O) groups excluding carboxylic acids is 1. The third-order valence-electron chi connectivity index (χ3n) is 2.30. The molecule has 1 N–H and O–H groups in total. The Hall–Kier alpha value is -2.25. The van der Waals surface area contributed by atoms with E-state index in [9.17, 15) is 22.4 Å². The second-order valence-electron chi connectivity index (χ2n) is 3.64. The number of rotatable bonds is 3. The van der Waals surface area contributed by atoms with E-state index in [0.717, 1.165) is 0 Å². The zero-order valence-electron chi connectivity index (χ0n) is 9.28. The summed E-state index contributed by atoms with van der Waals surface area (Å²) in [7, 11) is 0. The van der Waals surface area contributed by atoms with Crippen LogP contribution in [0.2, 0.25) is 0 Å². The molecular formula is C11H7F4N3O. The van der Waals surface area contributed by atoms with E-state index in [1.54, 1.807) is 5.32 Å². The molecule has 0 saturated heterocycles. The van der Waals surface area contributed by atoms with Crippen molar-refractivity contribution in [1.29, 1.82) is 0 Å².